The Labute approximate surface area is 96.5 Å². The van der Waals surface area contributed by atoms with Crippen LogP contribution in [0, 0.1) is 0 Å². The molecule has 1 saturated heterocycles. The molecule has 0 saturated carbocycles. The molecule has 1 rings (SSSR count). The molecule has 0 spiro atoms. The molecule has 2 atom stereocenters. The summed E-state index contributed by atoms with van der Waals surface area (Å²) in [6.45, 7) is 0.630. The summed E-state index contributed by atoms with van der Waals surface area (Å²) >= 11 is 0. The lowest BCUT2D eigenvalue weighted by atomic mass is 10.1. The first-order valence-electron chi connectivity index (χ1n) is 5.38. The van der Waals surface area contributed by atoms with Gasteiger partial charge in [0.1, 0.15) is 6.04 Å². The number of carbonyl (C=O) groups excluding carboxylic acids is 2. The van der Waals surface area contributed by atoms with Crippen molar-refractivity contribution in [2.45, 2.75) is 44.0 Å². The molecule has 1 N–H and O–H groups in total. The fraction of sp³-hybridized carbons (Fsp3) is 0.800. The smallest absolute Gasteiger partial charge is 0.393 e. The van der Waals surface area contributed by atoms with Gasteiger partial charge < -0.3 is 10.1 Å². The third-order valence-electron chi connectivity index (χ3n) is 2.45. The number of ether oxygens (including phenoxy) is 1. The van der Waals surface area contributed by atoms with E-state index in [0.717, 1.165) is 12.8 Å². The summed E-state index contributed by atoms with van der Waals surface area (Å²) < 4.78 is 40.6. The van der Waals surface area contributed by atoms with Crippen molar-refractivity contribution < 1.29 is 27.5 Å². The number of rotatable bonds is 4. The highest BCUT2D eigenvalue weighted by Crippen LogP contribution is 2.22. The molecule has 0 aromatic heterocycles. The average molecular weight is 253 g/mol. The van der Waals surface area contributed by atoms with Crippen LogP contribution in [0.3, 0.4) is 0 Å². The fourth-order valence-electron chi connectivity index (χ4n) is 1.63. The van der Waals surface area contributed by atoms with E-state index in [0.29, 0.717) is 13.0 Å². The van der Waals surface area contributed by atoms with Crippen molar-refractivity contribution in [3.05, 3.63) is 0 Å². The lowest BCUT2D eigenvalue weighted by molar-refractivity contribution is -0.175. The van der Waals surface area contributed by atoms with Crippen LogP contribution in [-0.2, 0) is 14.3 Å². The van der Waals surface area contributed by atoms with Gasteiger partial charge in [-0.05, 0) is 19.4 Å². The van der Waals surface area contributed by atoms with Gasteiger partial charge in [-0.2, -0.15) is 13.2 Å². The Balaban J connectivity index is 2.44. The molecule has 0 bridgehead atoms. The van der Waals surface area contributed by atoms with Gasteiger partial charge in [0.05, 0.1) is 6.42 Å². The molecule has 0 amide bonds. The zero-order chi connectivity index (χ0) is 12.9. The van der Waals surface area contributed by atoms with E-state index in [2.05, 4.69) is 10.1 Å². The Kier molecular flexibility index (Phi) is 4.92. The summed E-state index contributed by atoms with van der Waals surface area (Å²) in [5.41, 5.74) is 0. The van der Waals surface area contributed by atoms with Gasteiger partial charge in [-0.25, -0.2) is 0 Å². The summed E-state index contributed by atoms with van der Waals surface area (Å²) in [4.78, 5) is 21.8. The fourth-order valence-corrected chi connectivity index (χ4v) is 1.63. The van der Waals surface area contributed by atoms with Crippen molar-refractivity contribution in [1.29, 1.82) is 0 Å². The van der Waals surface area contributed by atoms with Crippen molar-refractivity contribution in [2.24, 2.45) is 0 Å². The van der Waals surface area contributed by atoms with E-state index in [1.165, 1.54) is 0 Å². The molecule has 0 aromatic carbocycles. The summed E-state index contributed by atoms with van der Waals surface area (Å²) in [5.74, 6) is -0.786. The largest absolute Gasteiger partial charge is 0.453 e. The van der Waals surface area contributed by atoms with E-state index >= 15 is 0 Å². The van der Waals surface area contributed by atoms with E-state index < -0.39 is 30.7 Å². The van der Waals surface area contributed by atoms with Gasteiger partial charge in [0.2, 0.25) is 0 Å². The summed E-state index contributed by atoms with van der Waals surface area (Å²) in [5, 5.41) is 2.84. The minimum Gasteiger partial charge on any atom is -0.453 e. The van der Waals surface area contributed by atoms with Crippen molar-refractivity contribution in [3.8, 4) is 0 Å². The Morgan fingerprint density at radius 3 is 2.65 bits per heavy atom. The number of aldehydes is 1. The molecule has 0 radical (unpaired) electrons. The Bertz CT molecular complexity index is 274. The molecule has 0 aliphatic carbocycles. The second-order valence-corrected chi connectivity index (χ2v) is 3.93. The lowest BCUT2D eigenvalue weighted by Crippen LogP contribution is -2.43. The number of halogens is 3. The molecule has 1 fully saturated rings. The molecule has 1 unspecified atom stereocenters. The molecule has 1 aliphatic heterocycles. The Morgan fingerprint density at radius 2 is 2.18 bits per heavy atom. The second-order valence-electron chi connectivity index (χ2n) is 3.93. The first-order chi connectivity index (χ1) is 7.92. The molecule has 0 aromatic rings. The van der Waals surface area contributed by atoms with E-state index in [1.54, 1.807) is 0 Å². The zero-order valence-electron chi connectivity index (χ0n) is 9.13. The monoisotopic (exact) mass is 253 g/mol. The van der Waals surface area contributed by atoms with Crippen LogP contribution in [-0.4, -0.2) is 37.1 Å². The number of alkyl halides is 3. The van der Waals surface area contributed by atoms with Gasteiger partial charge in [0, 0.05) is 0 Å². The van der Waals surface area contributed by atoms with Crippen LogP contribution in [0.1, 0.15) is 25.7 Å². The molecular formula is C10H14F3NO3. The minimum atomic E-state index is -4.52. The summed E-state index contributed by atoms with van der Waals surface area (Å²) in [6, 6.07) is -0.598. The van der Waals surface area contributed by atoms with Crippen LogP contribution >= 0.6 is 0 Å². The van der Waals surface area contributed by atoms with Crippen LogP contribution in [0.25, 0.3) is 0 Å². The maximum atomic E-state index is 12.0. The van der Waals surface area contributed by atoms with Crippen LogP contribution in [0.2, 0.25) is 0 Å². The number of esters is 1. The second kappa shape index (κ2) is 6.00. The van der Waals surface area contributed by atoms with Crippen molar-refractivity contribution in [1.82, 2.24) is 5.32 Å². The van der Waals surface area contributed by atoms with Crippen LogP contribution in [0.15, 0.2) is 0 Å². The topological polar surface area (TPSA) is 55.4 Å². The molecule has 1 aliphatic rings. The van der Waals surface area contributed by atoms with Gasteiger partial charge in [0.15, 0.2) is 12.4 Å². The van der Waals surface area contributed by atoms with E-state index in [4.69, 9.17) is 0 Å². The predicted molar refractivity (Wildman–Crippen MR) is 52.3 cm³/mol. The predicted octanol–water partition coefficient (Wildman–Crippen LogP) is 1.19. The third-order valence-corrected chi connectivity index (χ3v) is 2.45. The summed E-state index contributed by atoms with van der Waals surface area (Å²) in [6.07, 6.45) is -5.43. The normalized spacial score (nSPS) is 22.9. The van der Waals surface area contributed by atoms with Crippen LogP contribution in [0.5, 0.6) is 0 Å². The van der Waals surface area contributed by atoms with E-state index in [9.17, 15) is 22.8 Å². The highest BCUT2D eigenvalue weighted by atomic mass is 19.4. The average Bonchev–Trinajstić information content (AvgIpc) is 2.27. The van der Waals surface area contributed by atoms with Crippen molar-refractivity contribution in [3.63, 3.8) is 0 Å². The number of carbonyl (C=O) groups is 2. The standard InChI is InChI=1S/C10H14F3NO3/c11-10(12,13)5-7(6-15)17-9(16)8-3-1-2-4-14-8/h6-8,14H,1-5H2/t7?,8-/m0/s1. The van der Waals surface area contributed by atoms with Crippen molar-refractivity contribution in [2.75, 3.05) is 6.54 Å². The Hall–Kier alpha value is -1.11. The third kappa shape index (κ3) is 5.16. The SMILES string of the molecule is O=CC(CC(F)(F)F)OC(=O)[C@@H]1CCCCN1. The molecule has 98 valence electrons. The minimum absolute atomic E-state index is 0.00815. The molecule has 4 nitrogen and oxygen atoms in total. The van der Waals surface area contributed by atoms with Gasteiger partial charge in [0.25, 0.3) is 0 Å². The van der Waals surface area contributed by atoms with Gasteiger partial charge in [-0.15, -0.1) is 0 Å². The van der Waals surface area contributed by atoms with E-state index in [1.807, 2.05) is 0 Å². The van der Waals surface area contributed by atoms with Gasteiger partial charge in [-0.3, -0.25) is 9.59 Å². The lowest BCUT2D eigenvalue weighted by Gasteiger charge is -2.23. The van der Waals surface area contributed by atoms with Crippen molar-refractivity contribution >= 4 is 12.3 Å². The maximum absolute atomic E-state index is 12.0. The first-order valence-corrected chi connectivity index (χ1v) is 5.38. The number of hydrogen-bond donors (Lipinski definition) is 1. The molecular weight excluding hydrogens is 239 g/mol. The van der Waals surface area contributed by atoms with Crippen LogP contribution in [0.4, 0.5) is 13.2 Å². The molecule has 7 heteroatoms. The molecule has 1 heterocycles. The first kappa shape index (κ1) is 14.0. The van der Waals surface area contributed by atoms with Gasteiger partial charge >= 0.3 is 12.1 Å². The quantitative estimate of drug-likeness (QED) is 0.604. The highest BCUT2D eigenvalue weighted by molar-refractivity contribution is 5.78. The number of hydrogen-bond acceptors (Lipinski definition) is 4. The highest BCUT2D eigenvalue weighted by Gasteiger charge is 2.35. The number of nitrogens with one attached hydrogen (secondary N) is 1. The van der Waals surface area contributed by atoms with Crippen LogP contribution < -0.4 is 5.32 Å². The zero-order valence-corrected chi connectivity index (χ0v) is 9.13. The molecule has 17 heavy (non-hydrogen) atoms. The van der Waals surface area contributed by atoms with E-state index in [-0.39, 0.29) is 6.29 Å². The Morgan fingerprint density at radius 1 is 1.47 bits per heavy atom. The summed E-state index contributed by atoms with van der Waals surface area (Å²) in [7, 11) is 0. The van der Waals surface area contributed by atoms with Gasteiger partial charge in [-0.1, -0.05) is 6.42 Å². The number of piperidine rings is 1. The maximum Gasteiger partial charge on any atom is 0.393 e.